The number of aryl methyl sites for hydroxylation is 1. The average Bonchev–Trinajstić information content (AvgIpc) is 2.65. The molecule has 4 nitrogen and oxygen atoms in total. The van der Waals surface area contributed by atoms with E-state index < -0.39 is 5.63 Å². The standard InChI is InChI=1S/C21H19NO3/c23-20(18-12-15-7-2-4-11-19(15)25-21(18)24)22-13-16-9-5-8-14-6-1-3-10-17(14)16/h1-4,6-7,10-12,16H,5,8-9,13H2,(H,22,23). The number of benzene rings is 2. The van der Waals surface area contributed by atoms with Gasteiger partial charge in [-0.2, -0.15) is 0 Å². The Balaban J connectivity index is 1.54. The smallest absolute Gasteiger partial charge is 0.349 e. The van der Waals surface area contributed by atoms with Gasteiger partial charge in [-0.1, -0.05) is 42.5 Å². The average molecular weight is 333 g/mol. The summed E-state index contributed by atoms with van der Waals surface area (Å²) in [5.74, 6) is -0.0797. The van der Waals surface area contributed by atoms with Crippen LogP contribution in [0.25, 0.3) is 11.0 Å². The van der Waals surface area contributed by atoms with Crippen LogP contribution in [0.3, 0.4) is 0 Å². The number of carbonyl (C=O) groups is 1. The first-order valence-electron chi connectivity index (χ1n) is 8.61. The summed E-state index contributed by atoms with van der Waals surface area (Å²) in [6.07, 6.45) is 3.26. The Bertz CT molecular complexity index is 990. The van der Waals surface area contributed by atoms with E-state index in [1.165, 1.54) is 11.1 Å². The highest BCUT2D eigenvalue weighted by atomic mass is 16.4. The highest BCUT2D eigenvalue weighted by Crippen LogP contribution is 2.30. The van der Waals surface area contributed by atoms with E-state index in [2.05, 4.69) is 23.5 Å². The zero-order valence-electron chi connectivity index (χ0n) is 13.8. The number of carbonyl (C=O) groups excluding carboxylic acids is 1. The lowest BCUT2D eigenvalue weighted by Gasteiger charge is -2.25. The van der Waals surface area contributed by atoms with Gasteiger partial charge in [0, 0.05) is 17.8 Å². The molecule has 1 aliphatic rings. The number of nitrogens with one attached hydrogen (secondary N) is 1. The Morgan fingerprint density at radius 3 is 2.84 bits per heavy atom. The fourth-order valence-electron chi connectivity index (χ4n) is 3.60. The van der Waals surface area contributed by atoms with Crippen molar-refractivity contribution in [2.24, 2.45) is 0 Å². The van der Waals surface area contributed by atoms with Crippen molar-refractivity contribution >= 4 is 16.9 Å². The lowest BCUT2D eigenvalue weighted by atomic mass is 9.83. The highest BCUT2D eigenvalue weighted by Gasteiger charge is 2.21. The lowest BCUT2D eigenvalue weighted by molar-refractivity contribution is 0.0946. The molecule has 1 N–H and O–H groups in total. The second-order valence-electron chi connectivity index (χ2n) is 6.48. The molecule has 126 valence electrons. The molecule has 0 aliphatic heterocycles. The van der Waals surface area contributed by atoms with E-state index in [1.807, 2.05) is 18.2 Å². The molecule has 0 spiro atoms. The van der Waals surface area contributed by atoms with E-state index in [4.69, 9.17) is 4.42 Å². The molecule has 4 heteroatoms. The second-order valence-corrected chi connectivity index (χ2v) is 6.48. The number of fused-ring (bicyclic) bond motifs is 2. The van der Waals surface area contributed by atoms with E-state index >= 15 is 0 Å². The van der Waals surface area contributed by atoms with Crippen LogP contribution in [0, 0.1) is 0 Å². The van der Waals surface area contributed by atoms with Gasteiger partial charge >= 0.3 is 5.63 Å². The number of para-hydroxylation sites is 1. The summed E-state index contributed by atoms with van der Waals surface area (Å²) < 4.78 is 5.25. The van der Waals surface area contributed by atoms with Gasteiger partial charge in [-0.25, -0.2) is 4.79 Å². The van der Waals surface area contributed by atoms with Crippen LogP contribution in [0.1, 0.15) is 40.2 Å². The molecule has 0 fully saturated rings. The van der Waals surface area contributed by atoms with Gasteiger partial charge in [-0.15, -0.1) is 0 Å². The summed E-state index contributed by atoms with van der Waals surface area (Å²) in [5.41, 5.74) is 2.62. The van der Waals surface area contributed by atoms with Gasteiger partial charge < -0.3 is 9.73 Å². The van der Waals surface area contributed by atoms with Crippen molar-refractivity contribution in [1.82, 2.24) is 5.32 Å². The summed E-state index contributed by atoms with van der Waals surface area (Å²) >= 11 is 0. The van der Waals surface area contributed by atoms with Crippen molar-refractivity contribution in [1.29, 1.82) is 0 Å². The maximum Gasteiger partial charge on any atom is 0.349 e. The third-order valence-electron chi connectivity index (χ3n) is 4.89. The van der Waals surface area contributed by atoms with Crippen LogP contribution in [0.2, 0.25) is 0 Å². The first-order chi connectivity index (χ1) is 12.2. The van der Waals surface area contributed by atoms with E-state index in [0.717, 1.165) is 24.6 Å². The van der Waals surface area contributed by atoms with Gasteiger partial charge in [0.1, 0.15) is 11.1 Å². The first-order valence-corrected chi connectivity index (χ1v) is 8.61. The molecule has 0 saturated heterocycles. The van der Waals surface area contributed by atoms with Crippen molar-refractivity contribution in [3.05, 3.63) is 81.7 Å². The van der Waals surface area contributed by atoms with Crippen molar-refractivity contribution < 1.29 is 9.21 Å². The molecule has 0 bridgehead atoms. The van der Waals surface area contributed by atoms with Crippen LogP contribution < -0.4 is 10.9 Å². The van der Waals surface area contributed by atoms with Gasteiger partial charge in [-0.3, -0.25) is 4.79 Å². The molecule has 1 unspecified atom stereocenters. The second kappa shape index (κ2) is 6.55. The number of hydrogen-bond acceptors (Lipinski definition) is 3. The van der Waals surface area contributed by atoms with Crippen LogP contribution in [-0.4, -0.2) is 12.5 Å². The lowest BCUT2D eigenvalue weighted by Crippen LogP contribution is -2.32. The normalized spacial score (nSPS) is 16.4. The van der Waals surface area contributed by atoms with Crippen LogP contribution in [-0.2, 0) is 6.42 Å². The fraction of sp³-hybridized carbons (Fsp3) is 0.238. The van der Waals surface area contributed by atoms with Crippen LogP contribution >= 0.6 is 0 Å². The SMILES string of the molecule is O=C(NCC1CCCc2ccccc21)c1cc2ccccc2oc1=O. The minimum atomic E-state index is -0.597. The van der Waals surface area contributed by atoms with Gasteiger partial charge in [0.05, 0.1) is 0 Å². The Hall–Kier alpha value is -2.88. The third-order valence-corrected chi connectivity index (χ3v) is 4.89. The molecular formula is C21H19NO3. The Morgan fingerprint density at radius 1 is 1.12 bits per heavy atom. The minimum Gasteiger partial charge on any atom is -0.422 e. The van der Waals surface area contributed by atoms with Gasteiger partial charge in [0.15, 0.2) is 0 Å². The molecular weight excluding hydrogens is 314 g/mol. The largest absolute Gasteiger partial charge is 0.422 e. The molecule has 3 aromatic rings. The predicted molar refractivity (Wildman–Crippen MR) is 96.9 cm³/mol. The van der Waals surface area contributed by atoms with E-state index in [9.17, 15) is 9.59 Å². The Labute approximate surface area is 145 Å². The zero-order valence-corrected chi connectivity index (χ0v) is 13.8. The molecule has 1 atom stereocenters. The first kappa shape index (κ1) is 15.6. The van der Waals surface area contributed by atoms with E-state index in [-0.39, 0.29) is 11.5 Å². The molecule has 0 radical (unpaired) electrons. The molecule has 1 aromatic heterocycles. The number of hydrogen-bond donors (Lipinski definition) is 1. The van der Waals surface area contributed by atoms with Crippen molar-refractivity contribution in [2.45, 2.75) is 25.2 Å². The molecule has 0 saturated carbocycles. The van der Waals surface area contributed by atoms with E-state index in [0.29, 0.717) is 18.0 Å². The number of rotatable bonds is 3. The van der Waals surface area contributed by atoms with Crippen LogP contribution in [0.4, 0.5) is 0 Å². The zero-order chi connectivity index (χ0) is 17.2. The quantitative estimate of drug-likeness (QED) is 0.745. The van der Waals surface area contributed by atoms with Gasteiger partial charge in [0.2, 0.25) is 0 Å². The number of amides is 1. The monoisotopic (exact) mass is 333 g/mol. The van der Waals surface area contributed by atoms with Crippen molar-refractivity contribution in [3.63, 3.8) is 0 Å². The predicted octanol–water partition coefficient (Wildman–Crippen LogP) is 3.64. The van der Waals surface area contributed by atoms with Crippen molar-refractivity contribution in [2.75, 3.05) is 6.54 Å². The van der Waals surface area contributed by atoms with Crippen LogP contribution in [0.5, 0.6) is 0 Å². The highest BCUT2D eigenvalue weighted by molar-refractivity contribution is 5.96. The Morgan fingerprint density at radius 2 is 1.92 bits per heavy atom. The molecule has 1 heterocycles. The maximum absolute atomic E-state index is 12.5. The summed E-state index contributed by atoms with van der Waals surface area (Å²) in [6, 6.07) is 17.2. The van der Waals surface area contributed by atoms with Gasteiger partial charge in [-0.05, 0) is 42.5 Å². The molecule has 25 heavy (non-hydrogen) atoms. The summed E-state index contributed by atoms with van der Waals surface area (Å²) in [5, 5.41) is 3.66. The molecule has 2 aromatic carbocycles. The Kier molecular flexibility index (Phi) is 4.10. The maximum atomic E-state index is 12.5. The topological polar surface area (TPSA) is 59.3 Å². The minimum absolute atomic E-state index is 0.0581. The van der Waals surface area contributed by atoms with Crippen molar-refractivity contribution in [3.8, 4) is 0 Å². The summed E-state index contributed by atoms with van der Waals surface area (Å²) in [4.78, 5) is 24.6. The van der Waals surface area contributed by atoms with E-state index in [1.54, 1.807) is 18.2 Å². The fourth-order valence-corrected chi connectivity index (χ4v) is 3.60. The third kappa shape index (κ3) is 3.07. The molecule has 1 amide bonds. The molecule has 1 aliphatic carbocycles. The summed E-state index contributed by atoms with van der Waals surface area (Å²) in [7, 11) is 0. The molecule has 4 rings (SSSR count). The summed E-state index contributed by atoms with van der Waals surface area (Å²) in [6.45, 7) is 0.530. The van der Waals surface area contributed by atoms with Crippen LogP contribution in [0.15, 0.2) is 63.8 Å². The van der Waals surface area contributed by atoms with Gasteiger partial charge in [0.25, 0.3) is 5.91 Å².